The number of hydrogen-bond acceptors (Lipinski definition) is 0. The largest absolute Gasteiger partial charge is 0.103 e. The maximum atomic E-state index is 3.87. The standard InChI is InChI=1S/C21H32Si/c1-6-7-13-20(14-11-12-19(2)3)17-18-22(4,5)21-15-9-8-10-16-21/h6,8-10,12,15-17H,1,7,11,13-14,18H2,2-5H3/b20-17-. The molecule has 1 aromatic carbocycles. The van der Waals surface area contributed by atoms with Crippen molar-refractivity contribution in [3.05, 3.63) is 66.3 Å². The van der Waals surface area contributed by atoms with Crippen molar-refractivity contribution in [3.8, 4) is 0 Å². The van der Waals surface area contributed by atoms with Crippen LogP contribution in [0.4, 0.5) is 0 Å². The normalized spacial score (nSPS) is 12.1. The van der Waals surface area contributed by atoms with Gasteiger partial charge < -0.3 is 0 Å². The van der Waals surface area contributed by atoms with Crippen molar-refractivity contribution in [1.29, 1.82) is 0 Å². The molecular formula is C21H32Si. The van der Waals surface area contributed by atoms with Gasteiger partial charge in [0.1, 0.15) is 0 Å². The highest BCUT2D eigenvalue weighted by molar-refractivity contribution is 6.90. The number of benzene rings is 1. The molecule has 0 saturated carbocycles. The third-order valence-corrected chi connectivity index (χ3v) is 7.26. The van der Waals surface area contributed by atoms with E-state index in [-0.39, 0.29) is 0 Å². The minimum absolute atomic E-state index is 1.09. The number of rotatable bonds is 9. The SMILES string of the molecule is C=CCC/C(=C/C[Si](C)(C)c1ccccc1)CCC=C(C)C. The first kappa shape index (κ1) is 18.7. The maximum absolute atomic E-state index is 3.87. The zero-order valence-electron chi connectivity index (χ0n) is 14.9. The summed E-state index contributed by atoms with van der Waals surface area (Å²) in [6.45, 7) is 13.2. The molecule has 0 bridgehead atoms. The predicted molar refractivity (Wildman–Crippen MR) is 105 cm³/mol. The van der Waals surface area contributed by atoms with E-state index >= 15 is 0 Å². The van der Waals surface area contributed by atoms with E-state index in [0.29, 0.717) is 0 Å². The zero-order valence-corrected chi connectivity index (χ0v) is 15.9. The molecule has 1 aromatic rings. The Hall–Kier alpha value is -1.34. The van der Waals surface area contributed by atoms with Crippen molar-refractivity contribution in [2.24, 2.45) is 0 Å². The molecule has 0 spiro atoms. The van der Waals surface area contributed by atoms with Gasteiger partial charge in [0, 0.05) is 0 Å². The molecule has 0 amide bonds. The summed E-state index contributed by atoms with van der Waals surface area (Å²) in [5, 5.41) is 1.55. The molecule has 0 aromatic heterocycles. The molecular weight excluding hydrogens is 280 g/mol. The van der Waals surface area contributed by atoms with Gasteiger partial charge >= 0.3 is 0 Å². The van der Waals surface area contributed by atoms with Gasteiger partial charge in [-0.05, 0) is 45.6 Å². The van der Waals surface area contributed by atoms with Gasteiger partial charge in [-0.3, -0.25) is 0 Å². The van der Waals surface area contributed by atoms with Gasteiger partial charge in [0.05, 0.1) is 8.07 Å². The van der Waals surface area contributed by atoms with Gasteiger partial charge in [0.15, 0.2) is 0 Å². The summed E-state index contributed by atoms with van der Waals surface area (Å²) in [5.41, 5.74) is 3.02. The number of allylic oxidation sites excluding steroid dienone is 5. The van der Waals surface area contributed by atoms with Crippen LogP contribution in [0.25, 0.3) is 0 Å². The lowest BCUT2D eigenvalue weighted by molar-refractivity contribution is 0.858. The fraction of sp³-hybridized carbons (Fsp3) is 0.429. The second-order valence-corrected chi connectivity index (χ2v) is 11.7. The van der Waals surface area contributed by atoms with Crippen molar-refractivity contribution >= 4 is 13.3 Å². The first-order chi connectivity index (χ1) is 10.5. The van der Waals surface area contributed by atoms with Gasteiger partial charge in [-0.25, -0.2) is 0 Å². The molecule has 0 aliphatic carbocycles. The second kappa shape index (κ2) is 9.63. The highest BCUT2D eigenvalue weighted by Gasteiger charge is 2.21. The third-order valence-electron chi connectivity index (χ3n) is 4.14. The minimum Gasteiger partial charge on any atom is -0.103 e. The molecule has 0 aliphatic rings. The van der Waals surface area contributed by atoms with Crippen molar-refractivity contribution in [3.63, 3.8) is 0 Å². The van der Waals surface area contributed by atoms with Crippen LogP contribution in [0.3, 0.4) is 0 Å². The van der Waals surface area contributed by atoms with Crippen molar-refractivity contribution in [1.82, 2.24) is 0 Å². The van der Waals surface area contributed by atoms with E-state index in [1.165, 1.54) is 30.9 Å². The Morgan fingerprint density at radius 1 is 1.00 bits per heavy atom. The molecule has 1 heteroatoms. The van der Waals surface area contributed by atoms with E-state index in [2.05, 4.69) is 76.0 Å². The summed E-state index contributed by atoms with van der Waals surface area (Å²) in [7, 11) is -1.36. The van der Waals surface area contributed by atoms with Gasteiger partial charge in [0.2, 0.25) is 0 Å². The summed E-state index contributed by atoms with van der Waals surface area (Å²) < 4.78 is 0. The number of hydrogen-bond donors (Lipinski definition) is 0. The average Bonchev–Trinajstić information content (AvgIpc) is 2.50. The van der Waals surface area contributed by atoms with E-state index in [4.69, 9.17) is 0 Å². The van der Waals surface area contributed by atoms with Gasteiger partial charge in [-0.2, -0.15) is 0 Å². The second-order valence-electron chi connectivity index (χ2n) is 6.96. The smallest absolute Gasteiger partial charge is 0.0843 e. The summed E-state index contributed by atoms with van der Waals surface area (Å²) in [6.07, 6.45) is 11.5. The highest BCUT2D eigenvalue weighted by Crippen LogP contribution is 2.19. The van der Waals surface area contributed by atoms with E-state index in [0.717, 1.165) is 6.42 Å². The van der Waals surface area contributed by atoms with Gasteiger partial charge in [-0.1, -0.05) is 78.0 Å². The molecule has 1 rings (SSSR count). The molecule has 22 heavy (non-hydrogen) atoms. The molecule has 0 saturated heterocycles. The van der Waals surface area contributed by atoms with Crippen molar-refractivity contribution in [2.75, 3.05) is 0 Å². The van der Waals surface area contributed by atoms with E-state index in [1.807, 2.05) is 6.08 Å². The topological polar surface area (TPSA) is 0 Å². The van der Waals surface area contributed by atoms with Crippen LogP contribution in [-0.2, 0) is 0 Å². The van der Waals surface area contributed by atoms with Crippen LogP contribution in [0.1, 0.15) is 39.5 Å². The summed E-state index contributed by atoms with van der Waals surface area (Å²) >= 11 is 0. The fourth-order valence-electron chi connectivity index (χ4n) is 2.57. The van der Waals surface area contributed by atoms with Crippen LogP contribution >= 0.6 is 0 Å². The minimum atomic E-state index is -1.36. The Balaban J connectivity index is 2.73. The average molecular weight is 313 g/mol. The predicted octanol–water partition coefficient (Wildman–Crippen LogP) is 6.24. The Morgan fingerprint density at radius 3 is 2.23 bits per heavy atom. The van der Waals surface area contributed by atoms with Crippen molar-refractivity contribution < 1.29 is 0 Å². The van der Waals surface area contributed by atoms with Crippen LogP contribution in [-0.4, -0.2) is 8.07 Å². The zero-order chi connectivity index (χ0) is 16.4. The van der Waals surface area contributed by atoms with E-state index in [9.17, 15) is 0 Å². The Bertz CT molecular complexity index is 502. The quantitative estimate of drug-likeness (QED) is 0.374. The maximum Gasteiger partial charge on any atom is 0.0843 e. The van der Waals surface area contributed by atoms with Crippen LogP contribution in [0.15, 0.2) is 66.3 Å². The van der Waals surface area contributed by atoms with E-state index in [1.54, 1.807) is 10.8 Å². The Morgan fingerprint density at radius 2 is 1.64 bits per heavy atom. The van der Waals surface area contributed by atoms with Gasteiger partial charge in [-0.15, -0.1) is 6.58 Å². The summed E-state index contributed by atoms with van der Waals surface area (Å²) in [4.78, 5) is 0. The lowest BCUT2D eigenvalue weighted by Crippen LogP contribution is -2.40. The lowest BCUT2D eigenvalue weighted by Gasteiger charge is -2.22. The molecule has 0 atom stereocenters. The molecule has 0 radical (unpaired) electrons. The Kier molecular flexibility index (Phi) is 8.19. The van der Waals surface area contributed by atoms with Crippen LogP contribution in [0.2, 0.25) is 19.1 Å². The fourth-order valence-corrected chi connectivity index (χ4v) is 4.70. The van der Waals surface area contributed by atoms with E-state index < -0.39 is 8.07 Å². The van der Waals surface area contributed by atoms with Crippen LogP contribution in [0, 0.1) is 0 Å². The lowest BCUT2D eigenvalue weighted by atomic mass is 10.0. The van der Waals surface area contributed by atoms with Crippen LogP contribution in [0.5, 0.6) is 0 Å². The first-order valence-electron chi connectivity index (χ1n) is 8.43. The Labute approximate surface area is 138 Å². The van der Waals surface area contributed by atoms with Crippen LogP contribution < -0.4 is 5.19 Å². The molecule has 0 unspecified atom stereocenters. The molecule has 0 fully saturated rings. The molecule has 0 N–H and O–H groups in total. The molecule has 120 valence electrons. The summed E-state index contributed by atoms with van der Waals surface area (Å²) in [5.74, 6) is 0. The van der Waals surface area contributed by atoms with Crippen molar-refractivity contribution in [2.45, 2.75) is 58.7 Å². The summed E-state index contributed by atoms with van der Waals surface area (Å²) in [6, 6.07) is 12.3. The molecule has 0 nitrogen and oxygen atoms in total. The molecule has 0 heterocycles. The third kappa shape index (κ3) is 7.08. The highest BCUT2D eigenvalue weighted by atomic mass is 28.3. The van der Waals surface area contributed by atoms with Gasteiger partial charge in [0.25, 0.3) is 0 Å². The first-order valence-corrected chi connectivity index (χ1v) is 11.6. The molecule has 0 aliphatic heterocycles. The monoisotopic (exact) mass is 312 g/mol.